The summed E-state index contributed by atoms with van der Waals surface area (Å²) in [6.07, 6.45) is 6.60. The first kappa shape index (κ1) is 12.0. The van der Waals surface area contributed by atoms with Gasteiger partial charge in [0.1, 0.15) is 0 Å². The number of rotatable bonds is 5. The van der Waals surface area contributed by atoms with Crippen LogP contribution in [0.5, 0.6) is 0 Å². The number of aromatic nitrogens is 2. The van der Waals surface area contributed by atoms with Crippen LogP contribution in [0.2, 0.25) is 0 Å². The summed E-state index contributed by atoms with van der Waals surface area (Å²) < 4.78 is 6.91. The summed E-state index contributed by atoms with van der Waals surface area (Å²) in [6, 6.07) is 0. The zero-order valence-electron chi connectivity index (χ0n) is 10.5. The molecule has 0 amide bonds. The van der Waals surface area contributed by atoms with Gasteiger partial charge in [-0.2, -0.15) is 5.10 Å². The SMILES string of the molecule is COCCn1cc(NC2=NCC(C3CC3)S2)cn1. The minimum Gasteiger partial charge on any atom is -0.383 e. The van der Waals surface area contributed by atoms with Gasteiger partial charge in [-0.1, -0.05) is 11.8 Å². The maximum Gasteiger partial charge on any atom is 0.161 e. The highest BCUT2D eigenvalue weighted by atomic mass is 32.2. The molecule has 0 aromatic carbocycles. The molecule has 98 valence electrons. The molecule has 1 saturated carbocycles. The van der Waals surface area contributed by atoms with Crippen LogP contribution in [0.3, 0.4) is 0 Å². The highest BCUT2D eigenvalue weighted by Gasteiger charge is 2.35. The second-order valence-corrected chi connectivity index (χ2v) is 5.98. The fourth-order valence-electron chi connectivity index (χ4n) is 2.03. The fourth-order valence-corrected chi connectivity index (χ4v) is 3.26. The van der Waals surface area contributed by atoms with Gasteiger partial charge < -0.3 is 10.1 Å². The molecule has 3 rings (SSSR count). The van der Waals surface area contributed by atoms with Crippen LogP contribution in [0.15, 0.2) is 17.4 Å². The zero-order chi connectivity index (χ0) is 12.4. The number of thioether (sulfide) groups is 1. The van der Waals surface area contributed by atoms with Crippen molar-refractivity contribution in [2.45, 2.75) is 24.6 Å². The van der Waals surface area contributed by atoms with Crippen LogP contribution >= 0.6 is 11.8 Å². The molecule has 1 N–H and O–H groups in total. The van der Waals surface area contributed by atoms with Crippen LogP contribution in [0.25, 0.3) is 0 Å². The molecular formula is C12H18N4OS. The third-order valence-corrected chi connectivity index (χ3v) is 4.53. The minimum atomic E-state index is 0.681. The highest BCUT2D eigenvalue weighted by molar-refractivity contribution is 8.15. The van der Waals surface area contributed by atoms with E-state index in [9.17, 15) is 0 Å². The van der Waals surface area contributed by atoms with E-state index in [0.29, 0.717) is 11.9 Å². The van der Waals surface area contributed by atoms with Crippen molar-refractivity contribution < 1.29 is 4.74 Å². The molecule has 1 fully saturated rings. The Kier molecular flexibility index (Phi) is 3.56. The first-order valence-corrected chi connectivity index (χ1v) is 7.22. The van der Waals surface area contributed by atoms with Crippen molar-refractivity contribution in [1.82, 2.24) is 9.78 Å². The Morgan fingerprint density at radius 1 is 1.56 bits per heavy atom. The first-order chi connectivity index (χ1) is 8.85. The lowest BCUT2D eigenvalue weighted by Gasteiger charge is -2.05. The second kappa shape index (κ2) is 5.32. The zero-order valence-corrected chi connectivity index (χ0v) is 11.3. The molecule has 5 nitrogen and oxygen atoms in total. The van der Waals surface area contributed by atoms with E-state index >= 15 is 0 Å². The summed E-state index contributed by atoms with van der Waals surface area (Å²) >= 11 is 1.88. The largest absolute Gasteiger partial charge is 0.383 e. The fraction of sp³-hybridized carbons (Fsp3) is 0.667. The van der Waals surface area contributed by atoms with Crippen molar-refractivity contribution >= 4 is 22.6 Å². The molecule has 0 radical (unpaired) electrons. The number of methoxy groups -OCH3 is 1. The molecule has 1 atom stereocenters. The molecular weight excluding hydrogens is 248 g/mol. The van der Waals surface area contributed by atoms with Gasteiger partial charge in [-0.3, -0.25) is 9.67 Å². The molecule has 2 aliphatic rings. The highest BCUT2D eigenvalue weighted by Crippen LogP contribution is 2.41. The van der Waals surface area contributed by atoms with Gasteiger partial charge in [0, 0.05) is 18.6 Å². The molecule has 2 heterocycles. The number of amidine groups is 1. The van der Waals surface area contributed by atoms with Crippen LogP contribution in [0.4, 0.5) is 5.69 Å². The van der Waals surface area contributed by atoms with Gasteiger partial charge in [-0.05, 0) is 18.8 Å². The van der Waals surface area contributed by atoms with Crippen LogP contribution in [-0.2, 0) is 11.3 Å². The van der Waals surface area contributed by atoms with Crippen molar-refractivity contribution in [3.8, 4) is 0 Å². The van der Waals surface area contributed by atoms with Crippen LogP contribution in [-0.4, -0.2) is 40.5 Å². The van der Waals surface area contributed by atoms with Crippen LogP contribution < -0.4 is 5.32 Å². The van der Waals surface area contributed by atoms with Gasteiger partial charge in [0.05, 0.1) is 31.6 Å². The average Bonchev–Trinajstić information content (AvgIpc) is 2.96. The number of anilines is 1. The van der Waals surface area contributed by atoms with Crippen molar-refractivity contribution in [1.29, 1.82) is 0 Å². The molecule has 1 aromatic rings. The summed E-state index contributed by atoms with van der Waals surface area (Å²) in [6.45, 7) is 2.43. The van der Waals surface area contributed by atoms with E-state index in [2.05, 4.69) is 15.4 Å². The summed E-state index contributed by atoms with van der Waals surface area (Å²) in [5.41, 5.74) is 1.01. The lowest BCUT2D eigenvalue weighted by molar-refractivity contribution is 0.183. The smallest absolute Gasteiger partial charge is 0.161 e. The third-order valence-electron chi connectivity index (χ3n) is 3.23. The van der Waals surface area contributed by atoms with Crippen molar-refractivity contribution in [2.75, 3.05) is 25.6 Å². The molecule has 1 aliphatic heterocycles. The summed E-state index contributed by atoms with van der Waals surface area (Å²) in [5.74, 6) is 0.905. The summed E-state index contributed by atoms with van der Waals surface area (Å²) in [5, 5.41) is 9.36. The monoisotopic (exact) mass is 266 g/mol. The molecule has 6 heteroatoms. The Balaban J connectivity index is 1.51. The number of nitrogens with one attached hydrogen (secondary N) is 1. The molecule has 0 saturated heterocycles. The van der Waals surface area contributed by atoms with Gasteiger partial charge >= 0.3 is 0 Å². The first-order valence-electron chi connectivity index (χ1n) is 6.34. The number of nitrogens with zero attached hydrogens (tertiary/aromatic N) is 3. The van der Waals surface area contributed by atoms with Gasteiger partial charge in [0.15, 0.2) is 5.17 Å². The molecule has 18 heavy (non-hydrogen) atoms. The third kappa shape index (κ3) is 2.87. The van der Waals surface area contributed by atoms with Crippen molar-refractivity contribution in [2.24, 2.45) is 10.9 Å². The van der Waals surface area contributed by atoms with E-state index < -0.39 is 0 Å². The number of hydrogen-bond acceptors (Lipinski definition) is 5. The minimum absolute atomic E-state index is 0.681. The molecule has 0 spiro atoms. The topological polar surface area (TPSA) is 51.4 Å². The maximum atomic E-state index is 5.03. The van der Waals surface area contributed by atoms with Gasteiger partial charge in [-0.15, -0.1) is 0 Å². The Morgan fingerprint density at radius 2 is 2.44 bits per heavy atom. The van der Waals surface area contributed by atoms with Crippen molar-refractivity contribution in [3.05, 3.63) is 12.4 Å². The number of aliphatic imine (C=N–C) groups is 1. The van der Waals surface area contributed by atoms with E-state index in [-0.39, 0.29) is 0 Å². The van der Waals surface area contributed by atoms with E-state index in [0.717, 1.165) is 29.9 Å². The standard InChI is InChI=1S/C12H18N4OS/c1-17-5-4-16-8-10(6-14-16)15-12-13-7-11(18-12)9-2-3-9/h6,8-9,11H,2-5,7H2,1H3,(H,13,15). The van der Waals surface area contributed by atoms with E-state index in [1.165, 1.54) is 12.8 Å². The molecule has 1 aromatic heterocycles. The Hall–Kier alpha value is -1.01. The quantitative estimate of drug-likeness (QED) is 0.883. The molecule has 1 unspecified atom stereocenters. The van der Waals surface area contributed by atoms with Gasteiger partial charge in [-0.25, -0.2) is 0 Å². The normalized spacial score (nSPS) is 23.2. The summed E-state index contributed by atoms with van der Waals surface area (Å²) in [7, 11) is 1.70. The second-order valence-electron chi connectivity index (χ2n) is 4.75. The maximum absolute atomic E-state index is 5.03. The molecule has 0 bridgehead atoms. The average molecular weight is 266 g/mol. The Labute approximate surface area is 111 Å². The van der Waals surface area contributed by atoms with Crippen LogP contribution in [0.1, 0.15) is 12.8 Å². The van der Waals surface area contributed by atoms with E-state index in [1.54, 1.807) is 7.11 Å². The molecule has 1 aliphatic carbocycles. The van der Waals surface area contributed by atoms with Crippen LogP contribution in [0, 0.1) is 5.92 Å². The van der Waals surface area contributed by atoms with Gasteiger partial charge in [0.25, 0.3) is 0 Å². The Bertz CT molecular complexity index is 441. The van der Waals surface area contributed by atoms with Crippen molar-refractivity contribution in [3.63, 3.8) is 0 Å². The predicted molar refractivity (Wildman–Crippen MR) is 74.1 cm³/mol. The number of hydrogen-bond donors (Lipinski definition) is 1. The Morgan fingerprint density at radius 3 is 3.22 bits per heavy atom. The lowest BCUT2D eigenvalue weighted by atomic mass is 10.3. The number of ether oxygens (including phenoxy) is 1. The van der Waals surface area contributed by atoms with Gasteiger partial charge in [0.2, 0.25) is 0 Å². The predicted octanol–water partition coefficient (Wildman–Crippen LogP) is 1.82. The lowest BCUT2D eigenvalue weighted by Crippen LogP contribution is -2.08. The van der Waals surface area contributed by atoms with E-state index in [4.69, 9.17) is 4.74 Å². The van der Waals surface area contributed by atoms with E-state index in [1.807, 2.05) is 28.8 Å². The summed E-state index contributed by atoms with van der Waals surface area (Å²) in [4.78, 5) is 4.55.